The largest absolute Gasteiger partial charge is 0.493 e. The molecule has 0 saturated heterocycles. The van der Waals surface area contributed by atoms with Gasteiger partial charge in [-0.2, -0.15) is 0 Å². The Hall–Kier alpha value is -1.94. The van der Waals surface area contributed by atoms with Crippen molar-refractivity contribution in [2.75, 3.05) is 14.2 Å². The summed E-state index contributed by atoms with van der Waals surface area (Å²) < 4.78 is 11.8. The number of hydrogen-bond donors (Lipinski definition) is 1. The number of benzene rings is 2. The lowest BCUT2D eigenvalue weighted by Gasteiger charge is -2.10. The molecule has 0 aliphatic heterocycles. The van der Waals surface area contributed by atoms with Crippen molar-refractivity contribution in [1.29, 1.82) is 0 Å². The molecule has 0 fully saturated rings. The summed E-state index contributed by atoms with van der Waals surface area (Å²) in [6.45, 7) is 2.17. The number of rotatable bonds is 4. The van der Waals surface area contributed by atoms with Gasteiger partial charge in [0.25, 0.3) is 0 Å². The first-order chi connectivity index (χ1) is 10.7. The van der Waals surface area contributed by atoms with Gasteiger partial charge in [-0.15, -0.1) is 0 Å². The van der Waals surface area contributed by atoms with E-state index in [9.17, 15) is 0 Å². The molecule has 3 nitrogen and oxygen atoms in total. The minimum atomic E-state index is 0.738. The summed E-state index contributed by atoms with van der Waals surface area (Å²) in [6, 6.07) is 12.3. The summed E-state index contributed by atoms with van der Waals surface area (Å²) in [4.78, 5) is 3.53. The highest BCUT2D eigenvalue weighted by atomic mass is 79.9. The predicted octanol–water partition coefficient (Wildman–Crippen LogP) is 5.18. The second kappa shape index (κ2) is 6.05. The fourth-order valence-electron chi connectivity index (χ4n) is 2.83. The van der Waals surface area contributed by atoms with Crippen LogP contribution in [0.15, 0.2) is 40.9 Å². The lowest BCUT2D eigenvalue weighted by atomic mass is 10.0. The number of ether oxygens (including phenoxy) is 2. The minimum absolute atomic E-state index is 0.738. The van der Waals surface area contributed by atoms with Crippen molar-refractivity contribution in [3.63, 3.8) is 0 Å². The van der Waals surface area contributed by atoms with Crippen molar-refractivity contribution in [1.82, 2.24) is 4.98 Å². The Labute approximate surface area is 138 Å². The zero-order valence-corrected chi connectivity index (χ0v) is 14.5. The summed E-state index contributed by atoms with van der Waals surface area (Å²) in [5, 5.41) is 1.25. The number of fused-ring (bicyclic) bond motifs is 1. The number of aryl methyl sites for hydroxylation is 1. The van der Waals surface area contributed by atoms with Crippen LogP contribution >= 0.6 is 15.9 Å². The highest BCUT2D eigenvalue weighted by Crippen LogP contribution is 2.36. The van der Waals surface area contributed by atoms with Gasteiger partial charge in [-0.1, -0.05) is 22.9 Å². The molecule has 1 aromatic heterocycles. The SMILES string of the molecule is CCc1c(-c2ccc(OC)c(OC)c2)[nH]c2ccc(Br)cc12. The third-order valence-corrected chi connectivity index (χ3v) is 4.39. The van der Waals surface area contributed by atoms with Crippen LogP contribution in [0.2, 0.25) is 0 Å². The van der Waals surface area contributed by atoms with E-state index in [4.69, 9.17) is 9.47 Å². The van der Waals surface area contributed by atoms with E-state index in [1.165, 1.54) is 10.9 Å². The fraction of sp³-hybridized carbons (Fsp3) is 0.222. The van der Waals surface area contributed by atoms with Gasteiger partial charge in [0.15, 0.2) is 11.5 Å². The molecular weight excluding hydrogens is 342 g/mol. The molecule has 3 aromatic rings. The van der Waals surface area contributed by atoms with Crippen molar-refractivity contribution in [2.24, 2.45) is 0 Å². The Bertz CT molecular complexity index is 823. The first-order valence-electron chi connectivity index (χ1n) is 7.20. The van der Waals surface area contributed by atoms with Gasteiger partial charge in [0, 0.05) is 26.6 Å². The normalized spacial score (nSPS) is 10.9. The molecule has 3 rings (SSSR count). The lowest BCUT2D eigenvalue weighted by Crippen LogP contribution is -1.92. The van der Waals surface area contributed by atoms with Crippen LogP contribution in [0, 0.1) is 0 Å². The number of halogens is 1. The Balaban J connectivity index is 2.21. The van der Waals surface area contributed by atoms with Crippen LogP contribution in [0.4, 0.5) is 0 Å². The number of aromatic nitrogens is 1. The molecule has 0 radical (unpaired) electrons. The molecule has 22 heavy (non-hydrogen) atoms. The summed E-state index contributed by atoms with van der Waals surface area (Å²) in [7, 11) is 3.31. The molecule has 0 saturated carbocycles. The summed E-state index contributed by atoms with van der Waals surface area (Å²) in [5.41, 5.74) is 4.69. The Kier molecular flexibility index (Phi) is 4.12. The number of methoxy groups -OCH3 is 2. The van der Waals surface area contributed by atoms with Gasteiger partial charge in [0.05, 0.1) is 14.2 Å². The van der Waals surface area contributed by atoms with Crippen molar-refractivity contribution < 1.29 is 9.47 Å². The van der Waals surface area contributed by atoms with Crippen LogP contribution in [0.1, 0.15) is 12.5 Å². The van der Waals surface area contributed by atoms with Crippen LogP contribution in [0.3, 0.4) is 0 Å². The molecule has 0 amide bonds. The highest BCUT2D eigenvalue weighted by Gasteiger charge is 2.14. The van der Waals surface area contributed by atoms with Crippen LogP contribution < -0.4 is 9.47 Å². The molecule has 4 heteroatoms. The van der Waals surface area contributed by atoms with Crippen LogP contribution in [-0.2, 0) is 6.42 Å². The summed E-state index contributed by atoms with van der Waals surface area (Å²) in [5.74, 6) is 1.48. The molecule has 0 bridgehead atoms. The highest BCUT2D eigenvalue weighted by molar-refractivity contribution is 9.10. The maximum atomic E-state index is 5.42. The molecule has 1 N–H and O–H groups in total. The topological polar surface area (TPSA) is 34.2 Å². The smallest absolute Gasteiger partial charge is 0.161 e. The molecule has 114 valence electrons. The molecule has 1 heterocycles. The minimum Gasteiger partial charge on any atom is -0.493 e. The van der Waals surface area contributed by atoms with E-state index in [-0.39, 0.29) is 0 Å². The molecule has 0 atom stereocenters. The van der Waals surface area contributed by atoms with Gasteiger partial charge in [-0.3, -0.25) is 0 Å². The second-order valence-corrected chi connectivity index (χ2v) is 6.01. The third-order valence-electron chi connectivity index (χ3n) is 3.89. The predicted molar refractivity (Wildman–Crippen MR) is 93.9 cm³/mol. The van der Waals surface area contributed by atoms with Crippen LogP contribution in [0.25, 0.3) is 22.2 Å². The van der Waals surface area contributed by atoms with Gasteiger partial charge < -0.3 is 14.5 Å². The fourth-order valence-corrected chi connectivity index (χ4v) is 3.19. The average molecular weight is 360 g/mol. The molecule has 0 aliphatic rings. The Morgan fingerprint density at radius 1 is 1.00 bits per heavy atom. The number of H-pyrrole nitrogens is 1. The quantitative estimate of drug-likeness (QED) is 0.696. The van der Waals surface area contributed by atoms with E-state index < -0.39 is 0 Å². The summed E-state index contributed by atoms with van der Waals surface area (Å²) >= 11 is 3.55. The van der Waals surface area contributed by atoms with Crippen molar-refractivity contribution >= 4 is 26.8 Å². The first kappa shape index (κ1) is 15.0. The zero-order chi connectivity index (χ0) is 15.7. The molecular formula is C18H18BrNO2. The zero-order valence-electron chi connectivity index (χ0n) is 12.9. The van der Waals surface area contributed by atoms with Gasteiger partial charge >= 0.3 is 0 Å². The van der Waals surface area contributed by atoms with Crippen molar-refractivity contribution in [3.8, 4) is 22.8 Å². The molecule has 0 unspecified atom stereocenters. The standard InChI is InChI=1S/C18H18BrNO2/c1-4-13-14-10-12(19)6-7-15(14)20-18(13)11-5-8-16(21-2)17(9-11)22-3/h5-10,20H,4H2,1-3H3. The molecule has 2 aromatic carbocycles. The number of aromatic amines is 1. The second-order valence-electron chi connectivity index (χ2n) is 5.09. The number of nitrogens with one attached hydrogen (secondary N) is 1. The maximum Gasteiger partial charge on any atom is 0.161 e. The van der Waals surface area contributed by atoms with Gasteiger partial charge in [-0.05, 0) is 48.4 Å². The third kappa shape index (κ3) is 2.48. The Morgan fingerprint density at radius 2 is 1.77 bits per heavy atom. The average Bonchev–Trinajstić information content (AvgIpc) is 2.91. The van der Waals surface area contributed by atoms with Gasteiger partial charge in [-0.25, -0.2) is 0 Å². The van der Waals surface area contributed by atoms with E-state index in [0.717, 1.165) is 39.2 Å². The summed E-state index contributed by atoms with van der Waals surface area (Å²) in [6.07, 6.45) is 0.958. The molecule has 0 aliphatic carbocycles. The molecule has 0 spiro atoms. The van der Waals surface area contributed by atoms with E-state index in [1.54, 1.807) is 14.2 Å². The Morgan fingerprint density at radius 3 is 2.45 bits per heavy atom. The van der Waals surface area contributed by atoms with Gasteiger partial charge in [0.1, 0.15) is 0 Å². The van der Waals surface area contributed by atoms with E-state index in [0.29, 0.717) is 0 Å². The van der Waals surface area contributed by atoms with Crippen LogP contribution in [-0.4, -0.2) is 19.2 Å². The van der Waals surface area contributed by atoms with E-state index >= 15 is 0 Å². The first-order valence-corrected chi connectivity index (χ1v) is 7.99. The number of hydrogen-bond acceptors (Lipinski definition) is 2. The maximum absolute atomic E-state index is 5.42. The lowest BCUT2D eigenvalue weighted by molar-refractivity contribution is 0.355. The van der Waals surface area contributed by atoms with Gasteiger partial charge in [0.2, 0.25) is 0 Å². The van der Waals surface area contributed by atoms with Crippen molar-refractivity contribution in [2.45, 2.75) is 13.3 Å². The van der Waals surface area contributed by atoms with E-state index in [1.807, 2.05) is 12.1 Å². The van der Waals surface area contributed by atoms with Crippen molar-refractivity contribution in [3.05, 3.63) is 46.4 Å². The van der Waals surface area contributed by atoms with E-state index in [2.05, 4.69) is 52.1 Å². The van der Waals surface area contributed by atoms with Crippen LogP contribution in [0.5, 0.6) is 11.5 Å². The monoisotopic (exact) mass is 359 g/mol.